The average Bonchev–Trinajstić information content (AvgIpc) is 2.99. The summed E-state index contributed by atoms with van der Waals surface area (Å²) in [6.07, 6.45) is 0. The highest BCUT2D eigenvalue weighted by Gasteiger charge is 2.25. The predicted octanol–water partition coefficient (Wildman–Crippen LogP) is 3.54. The Labute approximate surface area is 145 Å². The van der Waals surface area contributed by atoms with Crippen LogP contribution in [0.3, 0.4) is 0 Å². The summed E-state index contributed by atoms with van der Waals surface area (Å²) >= 11 is 1.37. The summed E-state index contributed by atoms with van der Waals surface area (Å²) < 4.78 is 1.58. The molecule has 0 amide bonds. The van der Waals surface area contributed by atoms with E-state index in [9.17, 15) is 4.79 Å². The Morgan fingerprint density at radius 1 is 1.00 bits per heavy atom. The molecule has 0 fully saturated rings. The number of rotatable bonds is 5. The Morgan fingerprint density at radius 2 is 1.58 bits per heavy atom. The fourth-order valence-corrected chi connectivity index (χ4v) is 3.33. The van der Waals surface area contributed by atoms with Gasteiger partial charge in [0.25, 0.3) is 0 Å². The minimum Gasteiger partial charge on any atom is -0.293 e. The van der Waals surface area contributed by atoms with Gasteiger partial charge in [0.05, 0.1) is 0 Å². The number of tetrazole rings is 1. The van der Waals surface area contributed by atoms with E-state index in [1.807, 2.05) is 62.4 Å². The van der Waals surface area contributed by atoms with Gasteiger partial charge in [-0.2, -0.15) is 0 Å². The second-order valence-corrected chi connectivity index (χ2v) is 6.80. The van der Waals surface area contributed by atoms with E-state index < -0.39 is 5.25 Å². The zero-order chi connectivity index (χ0) is 17.1. The number of carbonyl (C=O) groups excluding carboxylic acids is 1. The van der Waals surface area contributed by atoms with Crippen LogP contribution in [0.5, 0.6) is 0 Å². The van der Waals surface area contributed by atoms with Crippen molar-refractivity contribution in [3.63, 3.8) is 0 Å². The first kappa shape index (κ1) is 16.4. The Balaban J connectivity index is 1.97. The van der Waals surface area contributed by atoms with Gasteiger partial charge in [-0.25, -0.2) is 4.68 Å². The Hall–Kier alpha value is -2.47. The molecule has 122 valence electrons. The van der Waals surface area contributed by atoms with Gasteiger partial charge < -0.3 is 0 Å². The molecule has 0 saturated carbocycles. The Bertz CT molecular complexity index is 840. The van der Waals surface area contributed by atoms with E-state index in [0.717, 1.165) is 16.7 Å². The van der Waals surface area contributed by atoms with Crippen LogP contribution in [0.15, 0.2) is 53.7 Å². The van der Waals surface area contributed by atoms with Gasteiger partial charge in [0.1, 0.15) is 5.25 Å². The van der Waals surface area contributed by atoms with Gasteiger partial charge >= 0.3 is 0 Å². The molecular weight excluding hydrogens is 320 g/mol. The topological polar surface area (TPSA) is 60.7 Å². The third-order valence-corrected chi connectivity index (χ3v) is 5.04. The van der Waals surface area contributed by atoms with Gasteiger partial charge in [-0.15, -0.1) is 5.10 Å². The van der Waals surface area contributed by atoms with Crippen molar-refractivity contribution in [2.24, 2.45) is 7.05 Å². The van der Waals surface area contributed by atoms with Crippen LogP contribution in [-0.2, 0) is 7.05 Å². The van der Waals surface area contributed by atoms with E-state index in [0.29, 0.717) is 10.7 Å². The van der Waals surface area contributed by atoms with Crippen LogP contribution in [0.25, 0.3) is 0 Å². The first-order valence-electron chi connectivity index (χ1n) is 7.61. The van der Waals surface area contributed by atoms with Gasteiger partial charge in [-0.3, -0.25) is 4.79 Å². The van der Waals surface area contributed by atoms with E-state index in [4.69, 9.17) is 0 Å². The minimum atomic E-state index is -0.391. The molecule has 1 atom stereocenters. The first-order valence-corrected chi connectivity index (χ1v) is 8.49. The summed E-state index contributed by atoms with van der Waals surface area (Å²) in [5.41, 5.74) is 3.92. The van der Waals surface area contributed by atoms with Gasteiger partial charge in [-0.05, 0) is 29.8 Å². The first-order chi connectivity index (χ1) is 11.5. The zero-order valence-corrected chi connectivity index (χ0v) is 14.6. The van der Waals surface area contributed by atoms with Crippen molar-refractivity contribution in [1.82, 2.24) is 20.2 Å². The lowest BCUT2D eigenvalue weighted by Gasteiger charge is -2.15. The molecule has 5 nitrogen and oxygen atoms in total. The number of benzene rings is 2. The Kier molecular flexibility index (Phi) is 4.76. The number of hydrogen-bond donors (Lipinski definition) is 0. The summed E-state index contributed by atoms with van der Waals surface area (Å²) in [4.78, 5) is 13.1. The molecule has 2 aromatic carbocycles. The van der Waals surface area contributed by atoms with Crippen molar-refractivity contribution in [2.75, 3.05) is 0 Å². The molecule has 0 unspecified atom stereocenters. The lowest BCUT2D eigenvalue weighted by molar-refractivity contribution is 0.0989. The normalized spacial score (nSPS) is 12.1. The molecular formula is C18H18N4OS. The molecule has 24 heavy (non-hydrogen) atoms. The van der Waals surface area contributed by atoms with Crippen LogP contribution >= 0.6 is 11.8 Å². The third kappa shape index (κ3) is 3.54. The van der Waals surface area contributed by atoms with Crippen molar-refractivity contribution in [2.45, 2.75) is 24.3 Å². The van der Waals surface area contributed by atoms with Crippen molar-refractivity contribution >= 4 is 17.5 Å². The maximum absolute atomic E-state index is 13.1. The molecule has 0 saturated heterocycles. The molecule has 0 spiro atoms. The second-order valence-electron chi connectivity index (χ2n) is 5.72. The molecule has 0 aliphatic carbocycles. The van der Waals surface area contributed by atoms with Crippen LogP contribution in [0.4, 0.5) is 0 Å². The Morgan fingerprint density at radius 3 is 2.12 bits per heavy atom. The molecule has 1 aromatic heterocycles. The lowest BCUT2D eigenvalue weighted by Crippen LogP contribution is -2.11. The minimum absolute atomic E-state index is 0.0480. The number of hydrogen-bond acceptors (Lipinski definition) is 5. The highest BCUT2D eigenvalue weighted by molar-refractivity contribution is 8.00. The van der Waals surface area contributed by atoms with Gasteiger partial charge in [-0.1, -0.05) is 71.4 Å². The quantitative estimate of drug-likeness (QED) is 0.526. The molecule has 0 radical (unpaired) electrons. The molecule has 1 heterocycles. The van der Waals surface area contributed by atoms with Crippen LogP contribution < -0.4 is 0 Å². The summed E-state index contributed by atoms with van der Waals surface area (Å²) in [6, 6.07) is 15.6. The van der Waals surface area contributed by atoms with E-state index in [1.54, 1.807) is 11.7 Å². The number of ketones is 1. The molecule has 3 rings (SSSR count). The van der Waals surface area contributed by atoms with Crippen molar-refractivity contribution in [3.8, 4) is 0 Å². The molecule has 6 heteroatoms. The maximum atomic E-state index is 13.1. The number of Topliss-reactive ketones (excluding diaryl/α,β-unsaturated/α-hetero) is 1. The van der Waals surface area contributed by atoms with Crippen LogP contribution in [-0.4, -0.2) is 26.0 Å². The lowest BCUT2D eigenvalue weighted by atomic mass is 10.0. The predicted molar refractivity (Wildman–Crippen MR) is 94.1 cm³/mol. The zero-order valence-electron chi connectivity index (χ0n) is 13.8. The van der Waals surface area contributed by atoms with Crippen molar-refractivity contribution in [1.29, 1.82) is 0 Å². The second kappa shape index (κ2) is 6.97. The fraction of sp³-hybridized carbons (Fsp3) is 0.222. The van der Waals surface area contributed by atoms with Gasteiger partial charge in [0, 0.05) is 12.6 Å². The summed E-state index contributed by atoms with van der Waals surface area (Å²) in [5, 5.41) is 11.7. The number of aromatic nitrogens is 4. The van der Waals surface area contributed by atoms with E-state index in [-0.39, 0.29) is 5.78 Å². The largest absolute Gasteiger partial charge is 0.293 e. The van der Waals surface area contributed by atoms with Crippen molar-refractivity contribution < 1.29 is 4.79 Å². The average molecular weight is 338 g/mol. The fourth-order valence-electron chi connectivity index (χ4n) is 2.31. The molecule has 0 N–H and O–H groups in total. The highest BCUT2D eigenvalue weighted by Crippen LogP contribution is 2.36. The summed E-state index contributed by atoms with van der Waals surface area (Å²) in [5.74, 6) is 0.0480. The smallest absolute Gasteiger partial charge is 0.210 e. The number of carbonyl (C=O) groups is 1. The molecule has 3 aromatic rings. The summed E-state index contributed by atoms with van der Waals surface area (Å²) in [7, 11) is 1.77. The standard InChI is InChI=1S/C18H18N4OS/c1-12-4-8-14(9-5-12)16(23)17(15-10-6-13(2)7-11-15)24-18-19-20-21-22(18)3/h4-11,17H,1-3H3/t17-/m0/s1. The number of aryl methyl sites for hydroxylation is 3. The van der Waals surface area contributed by atoms with Crippen molar-refractivity contribution in [3.05, 3.63) is 70.8 Å². The number of thioether (sulfide) groups is 1. The highest BCUT2D eigenvalue weighted by atomic mass is 32.2. The monoisotopic (exact) mass is 338 g/mol. The van der Waals surface area contributed by atoms with Gasteiger partial charge in [0.15, 0.2) is 5.78 Å². The third-order valence-electron chi connectivity index (χ3n) is 3.76. The molecule has 0 bridgehead atoms. The molecule has 0 aliphatic rings. The maximum Gasteiger partial charge on any atom is 0.210 e. The molecule has 0 aliphatic heterocycles. The van der Waals surface area contributed by atoms with E-state index >= 15 is 0 Å². The number of nitrogens with zero attached hydrogens (tertiary/aromatic N) is 4. The van der Waals surface area contributed by atoms with Gasteiger partial charge in [0.2, 0.25) is 5.16 Å². The van der Waals surface area contributed by atoms with E-state index in [2.05, 4.69) is 15.5 Å². The van der Waals surface area contributed by atoms with Crippen LogP contribution in [0.1, 0.15) is 32.3 Å². The van der Waals surface area contributed by atoms with Crippen LogP contribution in [0.2, 0.25) is 0 Å². The SMILES string of the molecule is Cc1ccc(C(=O)[C@@H](Sc2nnnn2C)c2ccc(C)cc2)cc1. The van der Waals surface area contributed by atoms with E-state index in [1.165, 1.54) is 11.8 Å². The van der Waals surface area contributed by atoms with Crippen LogP contribution in [0, 0.1) is 13.8 Å². The summed E-state index contributed by atoms with van der Waals surface area (Å²) in [6.45, 7) is 4.03.